The van der Waals surface area contributed by atoms with Crippen LogP contribution in [0.5, 0.6) is 0 Å². The van der Waals surface area contributed by atoms with E-state index in [-0.39, 0.29) is 23.1 Å². The van der Waals surface area contributed by atoms with Crippen LogP contribution < -0.4 is 5.32 Å². The number of amides is 2. The Balaban J connectivity index is 1.93. The van der Waals surface area contributed by atoms with E-state index in [1.807, 2.05) is 30.0 Å². The molecule has 1 N–H and O–H groups in total. The molecule has 0 aromatic heterocycles. The third-order valence-corrected chi connectivity index (χ3v) is 6.50. The Labute approximate surface area is 129 Å². The van der Waals surface area contributed by atoms with Gasteiger partial charge in [0.25, 0.3) is 0 Å². The minimum Gasteiger partial charge on any atom is -0.296 e. The standard InChI is InChI=1S/C17H21NO2S/c1-12-17(8-5-9-21-12)11-15(19)18-16(20)14(17)10-13-6-3-2-4-7-13/h2-4,6-7,12,14H,5,8-11H2,1H3,(H,18,19,20). The SMILES string of the molecule is CC1SCCCC12CC(=O)NC(=O)C2Cc1ccccc1. The number of nitrogens with one attached hydrogen (secondary N) is 1. The van der Waals surface area contributed by atoms with Gasteiger partial charge in [0.05, 0.1) is 0 Å². The van der Waals surface area contributed by atoms with E-state index >= 15 is 0 Å². The Morgan fingerprint density at radius 3 is 2.76 bits per heavy atom. The molecule has 0 saturated carbocycles. The van der Waals surface area contributed by atoms with Gasteiger partial charge in [-0.25, -0.2) is 0 Å². The zero-order chi connectivity index (χ0) is 14.9. The zero-order valence-electron chi connectivity index (χ0n) is 12.3. The summed E-state index contributed by atoms with van der Waals surface area (Å²) in [6.07, 6.45) is 3.30. The van der Waals surface area contributed by atoms with Crippen LogP contribution in [0.4, 0.5) is 0 Å². The van der Waals surface area contributed by atoms with Crippen molar-refractivity contribution < 1.29 is 9.59 Å². The molecule has 2 saturated heterocycles. The van der Waals surface area contributed by atoms with Crippen LogP contribution in [0.3, 0.4) is 0 Å². The lowest BCUT2D eigenvalue weighted by Crippen LogP contribution is -2.57. The fourth-order valence-electron chi connectivity index (χ4n) is 3.82. The van der Waals surface area contributed by atoms with Crippen LogP contribution in [0.1, 0.15) is 31.7 Å². The molecular formula is C17H21NO2S. The monoisotopic (exact) mass is 303 g/mol. The van der Waals surface area contributed by atoms with E-state index in [9.17, 15) is 9.59 Å². The van der Waals surface area contributed by atoms with Crippen molar-refractivity contribution in [2.24, 2.45) is 11.3 Å². The van der Waals surface area contributed by atoms with Crippen molar-refractivity contribution in [2.45, 2.75) is 37.9 Å². The van der Waals surface area contributed by atoms with Crippen LogP contribution in [-0.2, 0) is 16.0 Å². The molecule has 2 fully saturated rings. The molecule has 0 radical (unpaired) electrons. The highest BCUT2D eigenvalue weighted by Crippen LogP contribution is 2.51. The number of carbonyl (C=O) groups is 2. The maximum atomic E-state index is 12.5. The predicted molar refractivity (Wildman–Crippen MR) is 85.0 cm³/mol. The highest BCUT2D eigenvalue weighted by Gasteiger charge is 2.52. The molecule has 2 heterocycles. The first-order chi connectivity index (χ1) is 10.1. The molecule has 0 aliphatic carbocycles. The average molecular weight is 303 g/mol. The Morgan fingerprint density at radius 1 is 1.29 bits per heavy atom. The van der Waals surface area contributed by atoms with Gasteiger partial charge in [-0.15, -0.1) is 0 Å². The van der Waals surface area contributed by atoms with Crippen LogP contribution in [0.15, 0.2) is 30.3 Å². The topological polar surface area (TPSA) is 46.2 Å². The summed E-state index contributed by atoms with van der Waals surface area (Å²) in [5, 5.41) is 2.91. The van der Waals surface area contributed by atoms with Crippen molar-refractivity contribution in [1.82, 2.24) is 5.32 Å². The van der Waals surface area contributed by atoms with Gasteiger partial charge >= 0.3 is 0 Å². The number of carbonyl (C=O) groups excluding carboxylic acids is 2. The third-order valence-electron chi connectivity index (χ3n) is 5.01. The third kappa shape index (κ3) is 2.73. The first-order valence-corrected chi connectivity index (χ1v) is 8.66. The minimum atomic E-state index is -0.168. The molecule has 3 rings (SSSR count). The van der Waals surface area contributed by atoms with Gasteiger partial charge in [-0.2, -0.15) is 11.8 Å². The van der Waals surface area contributed by atoms with Crippen LogP contribution in [-0.4, -0.2) is 22.8 Å². The summed E-state index contributed by atoms with van der Waals surface area (Å²) in [5.74, 6) is 0.861. The Morgan fingerprint density at radius 2 is 2.05 bits per heavy atom. The van der Waals surface area contributed by atoms with Crippen LogP contribution in [0.25, 0.3) is 0 Å². The summed E-state index contributed by atoms with van der Waals surface area (Å²) in [7, 11) is 0. The summed E-state index contributed by atoms with van der Waals surface area (Å²) in [6, 6.07) is 10.1. The summed E-state index contributed by atoms with van der Waals surface area (Å²) in [6.45, 7) is 2.19. The molecule has 4 heteroatoms. The Bertz CT molecular complexity index is 545. The van der Waals surface area contributed by atoms with E-state index in [2.05, 4.69) is 24.4 Å². The lowest BCUT2D eigenvalue weighted by atomic mass is 9.63. The average Bonchev–Trinajstić information content (AvgIpc) is 2.47. The molecular weight excluding hydrogens is 282 g/mol. The molecule has 1 aromatic rings. The summed E-state index contributed by atoms with van der Waals surface area (Å²) >= 11 is 1.91. The molecule has 3 unspecified atom stereocenters. The summed E-state index contributed by atoms with van der Waals surface area (Å²) in [5.41, 5.74) is 1.01. The first-order valence-electron chi connectivity index (χ1n) is 7.61. The molecule has 3 atom stereocenters. The van der Waals surface area contributed by atoms with Gasteiger partial charge in [-0.1, -0.05) is 37.3 Å². The van der Waals surface area contributed by atoms with Gasteiger partial charge in [0.1, 0.15) is 0 Å². The predicted octanol–water partition coefficient (Wildman–Crippen LogP) is 2.79. The Kier molecular flexibility index (Phi) is 4.07. The number of thioether (sulfide) groups is 1. The molecule has 3 nitrogen and oxygen atoms in total. The number of benzene rings is 1. The van der Waals surface area contributed by atoms with Gasteiger partial charge in [-0.3, -0.25) is 14.9 Å². The van der Waals surface area contributed by atoms with Gasteiger partial charge in [0, 0.05) is 23.0 Å². The van der Waals surface area contributed by atoms with Crippen molar-refractivity contribution >= 4 is 23.6 Å². The Hall–Kier alpha value is -1.29. The second-order valence-corrected chi connectivity index (χ2v) is 7.63. The zero-order valence-corrected chi connectivity index (χ0v) is 13.1. The van der Waals surface area contributed by atoms with E-state index in [0.29, 0.717) is 11.7 Å². The van der Waals surface area contributed by atoms with E-state index in [0.717, 1.165) is 25.0 Å². The number of rotatable bonds is 2. The van der Waals surface area contributed by atoms with Crippen molar-refractivity contribution in [3.8, 4) is 0 Å². The molecule has 112 valence electrons. The van der Waals surface area contributed by atoms with Gasteiger partial charge in [0.2, 0.25) is 11.8 Å². The highest BCUT2D eigenvalue weighted by atomic mass is 32.2. The lowest BCUT2D eigenvalue weighted by molar-refractivity contribution is -0.144. The number of piperidine rings is 1. The number of hydrogen-bond acceptors (Lipinski definition) is 3. The lowest BCUT2D eigenvalue weighted by Gasteiger charge is -2.49. The quantitative estimate of drug-likeness (QED) is 0.855. The fraction of sp³-hybridized carbons (Fsp3) is 0.529. The molecule has 1 spiro atoms. The van der Waals surface area contributed by atoms with Crippen LogP contribution in [0.2, 0.25) is 0 Å². The van der Waals surface area contributed by atoms with E-state index in [1.165, 1.54) is 5.56 Å². The largest absolute Gasteiger partial charge is 0.296 e. The number of hydrogen-bond donors (Lipinski definition) is 1. The van der Waals surface area contributed by atoms with Crippen LogP contribution in [0, 0.1) is 11.3 Å². The molecule has 2 amide bonds. The summed E-state index contributed by atoms with van der Waals surface area (Å²) < 4.78 is 0. The highest BCUT2D eigenvalue weighted by molar-refractivity contribution is 7.99. The molecule has 2 aliphatic rings. The van der Waals surface area contributed by atoms with E-state index in [4.69, 9.17) is 0 Å². The van der Waals surface area contributed by atoms with Gasteiger partial charge in [0.15, 0.2) is 0 Å². The minimum absolute atomic E-state index is 0.0792. The second-order valence-electron chi connectivity index (χ2n) is 6.18. The maximum Gasteiger partial charge on any atom is 0.230 e. The van der Waals surface area contributed by atoms with Crippen LogP contribution >= 0.6 is 11.8 Å². The normalized spacial score (nSPS) is 33.0. The smallest absolute Gasteiger partial charge is 0.230 e. The van der Waals surface area contributed by atoms with Crippen molar-refractivity contribution in [3.05, 3.63) is 35.9 Å². The molecule has 1 aromatic carbocycles. The molecule has 21 heavy (non-hydrogen) atoms. The van der Waals surface area contributed by atoms with Crippen molar-refractivity contribution in [1.29, 1.82) is 0 Å². The van der Waals surface area contributed by atoms with Crippen molar-refractivity contribution in [3.63, 3.8) is 0 Å². The summed E-state index contributed by atoms with van der Waals surface area (Å²) in [4.78, 5) is 24.4. The molecule has 2 aliphatic heterocycles. The van der Waals surface area contributed by atoms with Gasteiger partial charge in [-0.05, 0) is 30.6 Å². The first kappa shape index (κ1) is 14.6. The fourth-order valence-corrected chi connectivity index (χ4v) is 5.18. The maximum absolute atomic E-state index is 12.5. The van der Waals surface area contributed by atoms with E-state index in [1.54, 1.807) is 0 Å². The van der Waals surface area contributed by atoms with E-state index < -0.39 is 0 Å². The molecule has 0 bridgehead atoms. The van der Waals surface area contributed by atoms with Crippen molar-refractivity contribution in [2.75, 3.05) is 5.75 Å². The number of imide groups is 1. The van der Waals surface area contributed by atoms with Gasteiger partial charge < -0.3 is 0 Å². The second kappa shape index (κ2) is 5.84.